The molecule has 6 nitrogen and oxygen atoms in total. The highest BCUT2D eigenvalue weighted by molar-refractivity contribution is 7.90. The van der Waals surface area contributed by atoms with Crippen molar-refractivity contribution >= 4 is 15.9 Å². The van der Waals surface area contributed by atoms with E-state index in [0.29, 0.717) is 12.1 Å². The molecule has 22 heavy (non-hydrogen) atoms. The van der Waals surface area contributed by atoms with Crippen molar-refractivity contribution in [1.29, 1.82) is 0 Å². The average Bonchev–Trinajstić information content (AvgIpc) is 2.81. The molecule has 1 N–H and O–H groups in total. The van der Waals surface area contributed by atoms with Crippen molar-refractivity contribution in [2.24, 2.45) is 0 Å². The van der Waals surface area contributed by atoms with Crippen molar-refractivity contribution < 1.29 is 13.2 Å². The summed E-state index contributed by atoms with van der Waals surface area (Å²) in [4.78, 5) is 12.0. The molecule has 118 valence electrons. The zero-order chi connectivity index (χ0) is 16.3. The molecule has 1 aromatic carbocycles. The third-order valence-corrected chi connectivity index (χ3v) is 4.73. The molecule has 0 atom stereocenters. The molecule has 0 aliphatic heterocycles. The van der Waals surface area contributed by atoms with Gasteiger partial charge in [0.25, 0.3) is 10.0 Å². The van der Waals surface area contributed by atoms with Crippen LogP contribution < -0.4 is 4.72 Å². The summed E-state index contributed by atoms with van der Waals surface area (Å²) in [6, 6.07) is 4.99. The number of nitrogens with zero attached hydrogens (tertiary/aromatic N) is 2. The second-order valence-electron chi connectivity index (χ2n) is 5.33. The Morgan fingerprint density at radius 1 is 1.23 bits per heavy atom. The molecular formula is C15H19N3O3S. The Labute approximate surface area is 130 Å². The number of aryl methyl sites for hydroxylation is 4. The summed E-state index contributed by atoms with van der Waals surface area (Å²) in [6.45, 7) is 5.82. The molecule has 0 spiro atoms. The quantitative estimate of drug-likeness (QED) is 0.909. The van der Waals surface area contributed by atoms with E-state index in [2.05, 4.69) is 9.82 Å². The summed E-state index contributed by atoms with van der Waals surface area (Å²) >= 11 is 0. The van der Waals surface area contributed by atoms with E-state index in [9.17, 15) is 13.2 Å². The maximum Gasteiger partial charge on any atom is 0.264 e. The highest BCUT2D eigenvalue weighted by Gasteiger charge is 2.19. The van der Waals surface area contributed by atoms with E-state index in [1.165, 1.54) is 6.07 Å². The van der Waals surface area contributed by atoms with Crippen LogP contribution in [0, 0.1) is 20.8 Å². The van der Waals surface area contributed by atoms with Crippen LogP contribution in [0.15, 0.2) is 35.5 Å². The zero-order valence-electron chi connectivity index (χ0n) is 12.8. The highest BCUT2D eigenvalue weighted by atomic mass is 32.2. The molecule has 7 heteroatoms. The molecule has 1 heterocycles. The van der Waals surface area contributed by atoms with Gasteiger partial charge in [0.05, 0.1) is 11.1 Å². The number of hydrogen-bond donors (Lipinski definition) is 1. The van der Waals surface area contributed by atoms with Gasteiger partial charge < -0.3 is 0 Å². The van der Waals surface area contributed by atoms with Crippen LogP contribution in [0.5, 0.6) is 0 Å². The van der Waals surface area contributed by atoms with Crippen LogP contribution in [-0.2, 0) is 21.4 Å². The first-order valence-electron chi connectivity index (χ1n) is 6.90. The molecule has 0 fully saturated rings. The standard InChI is InChI=1S/C15H19N3O3S/c1-11-4-5-14(13(3)8-11)22(20,21)17-15(19)6-7-18-10-12(2)9-16-18/h4-5,8-10H,6-7H2,1-3H3,(H,17,19). The van der Waals surface area contributed by atoms with Gasteiger partial charge in [0.15, 0.2) is 0 Å². The van der Waals surface area contributed by atoms with Gasteiger partial charge in [-0.2, -0.15) is 5.10 Å². The Morgan fingerprint density at radius 2 is 1.95 bits per heavy atom. The van der Waals surface area contributed by atoms with Crippen molar-refractivity contribution in [2.45, 2.75) is 38.6 Å². The summed E-state index contributed by atoms with van der Waals surface area (Å²) < 4.78 is 28.2. The van der Waals surface area contributed by atoms with Gasteiger partial charge >= 0.3 is 0 Å². The molecular weight excluding hydrogens is 302 g/mol. The van der Waals surface area contributed by atoms with E-state index in [0.717, 1.165) is 11.1 Å². The molecule has 0 radical (unpaired) electrons. The minimum Gasteiger partial charge on any atom is -0.274 e. The maximum atomic E-state index is 12.2. The Kier molecular flexibility index (Phi) is 4.65. The smallest absolute Gasteiger partial charge is 0.264 e. The van der Waals surface area contributed by atoms with Crippen molar-refractivity contribution in [2.75, 3.05) is 0 Å². The number of nitrogens with one attached hydrogen (secondary N) is 1. The predicted octanol–water partition coefficient (Wildman–Crippen LogP) is 1.70. The van der Waals surface area contributed by atoms with E-state index < -0.39 is 15.9 Å². The first-order valence-corrected chi connectivity index (χ1v) is 8.38. The average molecular weight is 321 g/mol. The fourth-order valence-corrected chi connectivity index (χ4v) is 3.40. The fraction of sp³-hybridized carbons (Fsp3) is 0.333. The van der Waals surface area contributed by atoms with Gasteiger partial charge in [0, 0.05) is 19.2 Å². The summed E-state index contributed by atoms with van der Waals surface area (Å²) in [7, 11) is -3.84. The van der Waals surface area contributed by atoms with Crippen LogP contribution in [-0.4, -0.2) is 24.1 Å². The Hall–Kier alpha value is -2.15. The number of aromatic nitrogens is 2. The lowest BCUT2D eigenvalue weighted by Crippen LogP contribution is -2.31. The molecule has 0 saturated heterocycles. The third-order valence-electron chi connectivity index (χ3n) is 3.20. The van der Waals surface area contributed by atoms with Crippen molar-refractivity contribution in [3.8, 4) is 0 Å². The summed E-state index contributed by atoms with van der Waals surface area (Å²) in [5.74, 6) is -0.548. The first-order chi connectivity index (χ1) is 10.3. The number of amides is 1. The lowest BCUT2D eigenvalue weighted by Gasteiger charge is -2.10. The molecule has 0 aliphatic carbocycles. The first kappa shape index (κ1) is 16.2. The van der Waals surface area contributed by atoms with Gasteiger partial charge in [0.1, 0.15) is 0 Å². The van der Waals surface area contributed by atoms with Crippen LogP contribution in [0.4, 0.5) is 0 Å². The number of carbonyl (C=O) groups is 1. The van der Waals surface area contributed by atoms with Crippen LogP contribution in [0.2, 0.25) is 0 Å². The van der Waals surface area contributed by atoms with E-state index >= 15 is 0 Å². The fourth-order valence-electron chi connectivity index (χ4n) is 2.16. The van der Waals surface area contributed by atoms with E-state index in [4.69, 9.17) is 0 Å². The number of carbonyl (C=O) groups excluding carboxylic acids is 1. The van der Waals surface area contributed by atoms with Crippen LogP contribution in [0.25, 0.3) is 0 Å². The second kappa shape index (κ2) is 6.31. The van der Waals surface area contributed by atoms with Gasteiger partial charge in [-0.1, -0.05) is 17.7 Å². The molecule has 1 amide bonds. The lowest BCUT2D eigenvalue weighted by atomic mass is 10.2. The SMILES string of the molecule is Cc1ccc(S(=O)(=O)NC(=O)CCn2cc(C)cn2)c(C)c1. The summed E-state index contributed by atoms with van der Waals surface area (Å²) in [6.07, 6.45) is 3.53. The number of benzene rings is 1. The molecule has 0 unspecified atom stereocenters. The Morgan fingerprint density at radius 3 is 2.55 bits per heavy atom. The number of hydrogen-bond acceptors (Lipinski definition) is 4. The van der Waals surface area contributed by atoms with Crippen molar-refractivity contribution in [1.82, 2.24) is 14.5 Å². The van der Waals surface area contributed by atoms with Gasteiger partial charge in [-0.25, -0.2) is 13.1 Å². The second-order valence-corrected chi connectivity index (χ2v) is 6.98. The molecule has 1 aromatic heterocycles. The molecule has 2 rings (SSSR count). The Bertz CT molecular complexity index is 794. The van der Waals surface area contributed by atoms with Crippen molar-refractivity contribution in [3.05, 3.63) is 47.3 Å². The third kappa shape index (κ3) is 3.94. The number of rotatable bonds is 5. The van der Waals surface area contributed by atoms with Gasteiger partial charge in [-0.3, -0.25) is 9.48 Å². The topological polar surface area (TPSA) is 81.1 Å². The molecule has 0 bridgehead atoms. The molecule has 0 aliphatic rings. The maximum absolute atomic E-state index is 12.2. The van der Waals surface area contributed by atoms with Gasteiger partial charge in [-0.15, -0.1) is 0 Å². The van der Waals surface area contributed by atoms with Gasteiger partial charge in [0.2, 0.25) is 5.91 Å². The minimum atomic E-state index is -3.84. The van der Waals surface area contributed by atoms with Gasteiger partial charge in [-0.05, 0) is 38.0 Å². The normalized spacial score (nSPS) is 11.4. The van der Waals surface area contributed by atoms with Crippen LogP contribution >= 0.6 is 0 Å². The lowest BCUT2D eigenvalue weighted by molar-refractivity contribution is -0.119. The van der Waals surface area contributed by atoms with Crippen molar-refractivity contribution in [3.63, 3.8) is 0 Å². The predicted molar refractivity (Wildman–Crippen MR) is 82.8 cm³/mol. The summed E-state index contributed by atoms with van der Waals surface area (Å²) in [5, 5.41) is 4.05. The van der Waals surface area contributed by atoms with E-state index in [-0.39, 0.29) is 11.3 Å². The van der Waals surface area contributed by atoms with E-state index in [1.54, 1.807) is 36.1 Å². The highest BCUT2D eigenvalue weighted by Crippen LogP contribution is 2.16. The summed E-state index contributed by atoms with van der Waals surface area (Å²) in [5.41, 5.74) is 2.57. The monoisotopic (exact) mass is 321 g/mol. The molecule has 0 saturated carbocycles. The number of sulfonamides is 1. The zero-order valence-corrected chi connectivity index (χ0v) is 13.6. The largest absolute Gasteiger partial charge is 0.274 e. The minimum absolute atomic E-state index is 0.0469. The van der Waals surface area contributed by atoms with E-state index in [1.807, 2.05) is 13.8 Å². The van der Waals surface area contributed by atoms with Crippen LogP contribution in [0.1, 0.15) is 23.1 Å². The molecule has 2 aromatic rings. The van der Waals surface area contributed by atoms with Crippen LogP contribution in [0.3, 0.4) is 0 Å². The Balaban J connectivity index is 2.03.